The molecule has 2 aliphatic heterocycles. The van der Waals surface area contributed by atoms with Crippen LogP contribution in [0.15, 0.2) is 59.5 Å². The number of rotatable bonds is 7. The second kappa shape index (κ2) is 10.7. The highest BCUT2D eigenvalue weighted by molar-refractivity contribution is 7.93. The molecule has 0 spiro atoms. The Morgan fingerprint density at radius 2 is 1.46 bits per heavy atom. The van der Waals surface area contributed by atoms with E-state index in [1.54, 1.807) is 24.3 Å². The molecule has 0 saturated carbocycles. The fraction of sp³-hybridized carbons (Fsp3) is 0.567. The van der Waals surface area contributed by atoms with Crippen molar-refractivity contribution < 1.29 is 27.3 Å². The molecule has 0 aromatic heterocycles. The molecule has 9 heteroatoms. The lowest BCUT2D eigenvalue weighted by molar-refractivity contribution is -0.151. The SMILES string of the molecule is CC(C)(C)COC(=O)C1(S(=O)(=O)c2ccc(B3OC(C)(C)C(C)(C)O3)cc2)CCN(Cc2ccccc2)CC1. The molecule has 2 saturated heterocycles. The number of carbonyl (C=O) groups excluding carboxylic acids is 1. The van der Waals surface area contributed by atoms with Crippen LogP contribution in [0.4, 0.5) is 0 Å². The van der Waals surface area contributed by atoms with Crippen molar-refractivity contribution in [1.82, 2.24) is 4.90 Å². The molecule has 39 heavy (non-hydrogen) atoms. The van der Waals surface area contributed by atoms with E-state index in [1.165, 1.54) is 0 Å². The summed E-state index contributed by atoms with van der Waals surface area (Å²) >= 11 is 0. The van der Waals surface area contributed by atoms with Crippen LogP contribution in [0.5, 0.6) is 0 Å². The molecular formula is C30H42BNO6S. The van der Waals surface area contributed by atoms with Crippen LogP contribution in [-0.4, -0.2) is 62.1 Å². The van der Waals surface area contributed by atoms with E-state index < -0.39 is 38.9 Å². The van der Waals surface area contributed by atoms with Crippen molar-refractivity contribution in [3.63, 3.8) is 0 Å². The molecule has 0 aliphatic carbocycles. The summed E-state index contributed by atoms with van der Waals surface area (Å²) in [7, 11) is -4.65. The summed E-state index contributed by atoms with van der Waals surface area (Å²) in [5, 5.41) is 0. The minimum absolute atomic E-state index is 0.104. The first-order valence-corrected chi connectivity index (χ1v) is 15.2. The Hall–Kier alpha value is -2.20. The van der Waals surface area contributed by atoms with Gasteiger partial charge in [-0.05, 0) is 69.1 Å². The Kier molecular flexibility index (Phi) is 8.14. The molecule has 0 radical (unpaired) electrons. The third-order valence-corrected chi connectivity index (χ3v) is 10.6. The summed E-state index contributed by atoms with van der Waals surface area (Å²) in [4.78, 5) is 15.9. The average Bonchev–Trinajstić information content (AvgIpc) is 3.09. The lowest BCUT2D eigenvalue weighted by atomic mass is 9.79. The van der Waals surface area contributed by atoms with E-state index in [1.807, 2.05) is 66.7 Å². The lowest BCUT2D eigenvalue weighted by Crippen LogP contribution is -2.55. The van der Waals surface area contributed by atoms with Gasteiger partial charge in [0, 0.05) is 19.6 Å². The van der Waals surface area contributed by atoms with Crippen molar-refractivity contribution >= 4 is 28.4 Å². The van der Waals surface area contributed by atoms with E-state index in [-0.39, 0.29) is 29.8 Å². The zero-order valence-electron chi connectivity index (χ0n) is 24.3. The number of esters is 1. The van der Waals surface area contributed by atoms with Gasteiger partial charge in [-0.15, -0.1) is 0 Å². The maximum atomic E-state index is 14.2. The van der Waals surface area contributed by atoms with Crippen molar-refractivity contribution in [3.05, 3.63) is 60.2 Å². The summed E-state index contributed by atoms with van der Waals surface area (Å²) < 4.78 is 44.7. The molecule has 2 heterocycles. The number of piperidine rings is 1. The summed E-state index contributed by atoms with van der Waals surface area (Å²) in [6, 6.07) is 16.6. The number of carbonyl (C=O) groups is 1. The Morgan fingerprint density at radius 3 is 1.97 bits per heavy atom. The normalized spacial score (nSPS) is 21.1. The third-order valence-electron chi connectivity index (χ3n) is 8.15. The van der Waals surface area contributed by atoms with E-state index in [4.69, 9.17) is 14.0 Å². The maximum Gasteiger partial charge on any atom is 0.494 e. The predicted molar refractivity (Wildman–Crippen MR) is 153 cm³/mol. The van der Waals surface area contributed by atoms with E-state index >= 15 is 0 Å². The molecule has 2 aromatic carbocycles. The van der Waals surface area contributed by atoms with Gasteiger partial charge < -0.3 is 14.0 Å². The second-order valence-corrected chi connectivity index (χ2v) is 15.3. The minimum Gasteiger partial charge on any atom is -0.464 e. The van der Waals surface area contributed by atoms with Crippen molar-refractivity contribution in [1.29, 1.82) is 0 Å². The molecule has 0 unspecified atom stereocenters. The second-order valence-electron chi connectivity index (χ2n) is 13.1. The van der Waals surface area contributed by atoms with Crippen molar-refractivity contribution in [2.75, 3.05) is 19.7 Å². The van der Waals surface area contributed by atoms with Gasteiger partial charge in [0.2, 0.25) is 0 Å². The Balaban J connectivity index is 1.59. The Labute approximate surface area is 234 Å². The van der Waals surface area contributed by atoms with Crippen LogP contribution in [0.2, 0.25) is 0 Å². The maximum absolute atomic E-state index is 14.2. The van der Waals surface area contributed by atoms with Gasteiger partial charge in [-0.3, -0.25) is 9.69 Å². The number of ether oxygens (including phenoxy) is 1. The summed E-state index contributed by atoms with van der Waals surface area (Å²) in [5.41, 5.74) is 0.601. The smallest absolute Gasteiger partial charge is 0.464 e. The molecule has 2 aliphatic rings. The van der Waals surface area contributed by atoms with Crippen molar-refractivity contribution in [3.8, 4) is 0 Å². The lowest BCUT2D eigenvalue weighted by Gasteiger charge is -2.39. The van der Waals surface area contributed by atoms with Gasteiger partial charge in [0.05, 0.1) is 22.7 Å². The monoisotopic (exact) mass is 555 g/mol. The topological polar surface area (TPSA) is 82.1 Å². The number of likely N-dealkylation sites (tertiary alicyclic amines) is 1. The van der Waals surface area contributed by atoms with Crippen LogP contribution in [0.1, 0.15) is 66.9 Å². The van der Waals surface area contributed by atoms with E-state index in [9.17, 15) is 13.2 Å². The molecule has 4 rings (SSSR count). The molecular weight excluding hydrogens is 513 g/mol. The van der Waals surface area contributed by atoms with Crippen LogP contribution in [0.3, 0.4) is 0 Å². The highest BCUT2D eigenvalue weighted by atomic mass is 32.2. The first-order valence-electron chi connectivity index (χ1n) is 13.7. The number of hydrogen-bond donors (Lipinski definition) is 0. The number of hydrogen-bond acceptors (Lipinski definition) is 7. The van der Waals surface area contributed by atoms with Crippen molar-refractivity contribution in [2.45, 2.75) is 88.7 Å². The zero-order chi connectivity index (χ0) is 28.7. The minimum atomic E-state index is -4.06. The fourth-order valence-electron chi connectivity index (χ4n) is 4.92. The predicted octanol–water partition coefficient (Wildman–Crippen LogP) is 4.38. The standard InChI is InChI=1S/C30H42BNO6S/c1-27(2,3)22-36-26(33)30(17-19-32(20-18-30)21-23-11-9-8-10-12-23)39(34,35)25-15-13-24(14-16-25)31-37-28(4,5)29(6,7)38-31/h8-16H,17-22H2,1-7H3. The van der Waals surface area contributed by atoms with Gasteiger partial charge in [0.25, 0.3) is 0 Å². The summed E-state index contributed by atoms with van der Waals surface area (Å²) in [6.45, 7) is 15.6. The summed E-state index contributed by atoms with van der Waals surface area (Å²) in [6.07, 6.45) is 0.342. The van der Waals surface area contributed by atoms with Gasteiger partial charge in [-0.2, -0.15) is 0 Å². The molecule has 0 bridgehead atoms. The van der Waals surface area contributed by atoms with Crippen molar-refractivity contribution in [2.24, 2.45) is 5.41 Å². The van der Waals surface area contributed by atoms with E-state index in [0.29, 0.717) is 19.6 Å². The molecule has 0 N–H and O–H groups in total. The number of sulfone groups is 1. The molecule has 7 nitrogen and oxygen atoms in total. The highest BCUT2D eigenvalue weighted by Gasteiger charge is 2.55. The third kappa shape index (κ3) is 6.11. The van der Waals surface area contributed by atoms with E-state index in [0.717, 1.165) is 11.0 Å². The van der Waals surface area contributed by atoms with Crippen LogP contribution in [0.25, 0.3) is 0 Å². The summed E-state index contributed by atoms with van der Waals surface area (Å²) in [5.74, 6) is -0.660. The molecule has 2 fully saturated rings. The van der Waals surface area contributed by atoms with Crippen LogP contribution >= 0.6 is 0 Å². The van der Waals surface area contributed by atoms with Gasteiger partial charge in [-0.1, -0.05) is 63.2 Å². The molecule has 0 amide bonds. The fourth-order valence-corrected chi connectivity index (χ4v) is 6.86. The van der Waals surface area contributed by atoms with Gasteiger partial charge in [0.1, 0.15) is 0 Å². The van der Waals surface area contributed by atoms with Crippen LogP contribution in [0, 0.1) is 5.41 Å². The Bertz CT molecular complexity index is 1240. The first kappa shape index (κ1) is 29.8. The van der Waals surface area contributed by atoms with Gasteiger partial charge in [0.15, 0.2) is 14.6 Å². The first-order chi connectivity index (χ1) is 18.1. The zero-order valence-corrected chi connectivity index (χ0v) is 25.1. The largest absolute Gasteiger partial charge is 0.494 e. The molecule has 2 aromatic rings. The highest BCUT2D eigenvalue weighted by Crippen LogP contribution is 2.39. The quantitative estimate of drug-likeness (QED) is 0.371. The molecule has 212 valence electrons. The number of nitrogens with zero attached hydrogens (tertiary/aromatic N) is 1. The Morgan fingerprint density at radius 1 is 0.923 bits per heavy atom. The average molecular weight is 556 g/mol. The number of benzene rings is 2. The molecule has 0 atom stereocenters. The van der Waals surface area contributed by atoms with Gasteiger partial charge >= 0.3 is 13.1 Å². The van der Waals surface area contributed by atoms with E-state index in [2.05, 4.69) is 17.0 Å². The van der Waals surface area contributed by atoms with Crippen LogP contribution < -0.4 is 5.46 Å². The van der Waals surface area contributed by atoms with Crippen LogP contribution in [-0.2, 0) is 35.2 Å². The van der Waals surface area contributed by atoms with Gasteiger partial charge in [-0.25, -0.2) is 8.42 Å².